The van der Waals surface area contributed by atoms with E-state index in [4.69, 9.17) is 12.2 Å². The first kappa shape index (κ1) is 9.43. The summed E-state index contributed by atoms with van der Waals surface area (Å²) in [5, 5.41) is 3.24. The molecule has 76 valence electrons. The van der Waals surface area contributed by atoms with Gasteiger partial charge >= 0.3 is 0 Å². The van der Waals surface area contributed by atoms with E-state index in [0.717, 1.165) is 15.9 Å². The Kier molecular flexibility index (Phi) is 2.29. The first-order chi connectivity index (χ1) is 7.33. The Balaban J connectivity index is 2.05. The van der Waals surface area contributed by atoms with Gasteiger partial charge in [-0.1, -0.05) is 48.3 Å². The van der Waals surface area contributed by atoms with Gasteiger partial charge in [-0.2, -0.15) is 0 Å². The van der Waals surface area contributed by atoms with E-state index in [1.54, 1.807) is 11.8 Å². The monoisotopic (exact) mass is 233 g/mol. The number of nitrogens with one attached hydrogen (secondary N) is 1. The maximum absolute atomic E-state index is 5.24. The van der Waals surface area contributed by atoms with E-state index in [0.29, 0.717) is 0 Å². The minimum Gasteiger partial charge on any atom is -0.340 e. The summed E-state index contributed by atoms with van der Waals surface area (Å²) in [4.78, 5) is 1.33. The van der Waals surface area contributed by atoms with Crippen LogP contribution in [0.4, 0.5) is 5.69 Å². The van der Waals surface area contributed by atoms with Crippen LogP contribution in [0.3, 0.4) is 0 Å². The van der Waals surface area contributed by atoms with Crippen molar-refractivity contribution in [2.45, 2.75) is 12.8 Å². The van der Waals surface area contributed by atoms with Gasteiger partial charge in [-0.15, -0.1) is 0 Å². The molecular weight excluding hydrogens is 222 g/mol. The summed E-state index contributed by atoms with van der Waals surface area (Å²) in [6.07, 6.45) is 5.05. The molecule has 1 aromatic rings. The summed E-state index contributed by atoms with van der Waals surface area (Å²) in [5.74, 6) is 0.793. The van der Waals surface area contributed by atoms with Crippen LogP contribution in [0.2, 0.25) is 0 Å². The van der Waals surface area contributed by atoms with Gasteiger partial charge in [-0.05, 0) is 24.8 Å². The summed E-state index contributed by atoms with van der Waals surface area (Å²) < 4.78 is 0.862. The Bertz CT molecular complexity index is 447. The lowest BCUT2D eigenvalue weighted by molar-refractivity contribution is 1.13. The lowest BCUT2D eigenvalue weighted by atomic mass is 10.1. The molecule has 0 saturated heterocycles. The quantitative estimate of drug-likeness (QED) is 0.739. The number of fused-ring (bicyclic) bond motifs is 1. The molecule has 1 heterocycles. The summed E-state index contributed by atoms with van der Waals surface area (Å²) in [5.41, 5.74) is 2.44. The number of thioether (sulfide) groups is 1. The maximum Gasteiger partial charge on any atom is 0.143 e. The van der Waals surface area contributed by atoms with Gasteiger partial charge in [-0.3, -0.25) is 0 Å². The number of thiocarbonyl (C=S) groups is 1. The smallest absolute Gasteiger partial charge is 0.143 e. The Morgan fingerprint density at radius 3 is 2.93 bits per heavy atom. The van der Waals surface area contributed by atoms with Crippen LogP contribution in [-0.2, 0) is 0 Å². The van der Waals surface area contributed by atoms with Crippen LogP contribution < -0.4 is 5.32 Å². The van der Waals surface area contributed by atoms with Gasteiger partial charge in [0.15, 0.2) is 0 Å². The number of hydrogen-bond acceptors (Lipinski definition) is 2. The Labute approximate surface area is 99.0 Å². The molecule has 1 N–H and O–H groups in total. The van der Waals surface area contributed by atoms with Crippen LogP contribution in [0.15, 0.2) is 30.3 Å². The average Bonchev–Trinajstić information content (AvgIpc) is 3.01. The van der Waals surface area contributed by atoms with Crippen LogP contribution in [0.5, 0.6) is 0 Å². The van der Waals surface area contributed by atoms with Crippen molar-refractivity contribution in [1.29, 1.82) is 0 Å². The van der Waals surface area contributed by atoms with E-state index < -0.39 is 0 Å². The fraction of sp³-hybridized carbons (Fsp3) is 0.250. The fourth-order valence-electron chi connectivity index (χ4n) is 1.70. The van der Waals surface area contributed by atoms with E-state index in [1.807, 2.05) is 6.07 Å². The zero-order chi connectivity index (χ0) is 10.3. The number of anilines is 1. The summed E-state index contributed by atoms with van der Waals surface area (Å²) in [6, 6.07) is 8.36. The van der Waals surface area contributed by atoms with Crippen LogP contribution in [-0.4, -0.2) is 4.32 Å². The van der Waals surface area contributed by atoms with Gasteiger partial charge in [-0.25, -0.2) is 0 Å². The van der Waals surface area contributed by atoms with Crippen molar-refractivity contribution in [1.82, 2.24) is 0 Å². The molecule has 0 amide bonds. The highest BCUT2D eigenvalue weighted by atomic mass is 32.2. The molecule has 1 fully saturated rings. The number of benzene rings is 1. The summed E-state index contributed by atoms with van der Waals surface area (Å²) in [7, 11) is 0. The first-order valence-corrected chi connectivity index (χ1v) is 6.35. The SMILES string of the molecule is S=C1Nc2ccccc2/C(=C/C2CC2)S1. The molecule has 0 aromatic heterocycles. The Hall–Kier alpha value is -0.800. The number of hydrogen-bond donors (Lipinski definition) is 1. The topological polar surface area (TPSA) is 12.0 Å². The second-order valence-corrected chi connectivity index (χ2v) is 5.65. The van der Waals surface area contributed by atoms with E-state index in [1.165, 1.54) is 23.3 Å². The molecule has 0 radical (unpaired) electrons. The molecule has 0 bridgehead atoms. The van der Waals surface area contributed by atoms with Gasteiger partial charge in [0, 0.05) is 16.2 Å². The molecule has 1 nitrogen and oxygen atoms in total. The molecule has 2 aliphatic rings. The molecule has 0 spiro atoms. The molecule has 1 aliphatic heterocycles. The van der Waals surface area contributed by atoms with Crippen LogP contribution in [0, 0.1) is 5.92 Å². The third-order valence-corrected chi connectivity index (χ3v) is 3.86. The maximum atomic E-state index is 5.24. The van der Waals surface area contributed by atoms with Gasteiger partial charge in [0.2, 0.25) is 0 Å². The van der Waals surface area contributed by atoms with Crippen molar-refractivity contribution in [2.75, 3.05) is 5.32 Å². The minimum atomic E-state index is 0.793. The van der Waals surface area contributed by atoms with Crippen molar-refractivity contribution in [2.24, 2.45) is 5.92 Å². The van der Waals surface area contributed by atoms with Crippen molar-refractivity contribution < 1.29 is 0 Å². The molecule has 1 aromatic carbocycles. The van der Waals surface area contributed by atoms with Crippen molar-refractivity contribution >= 4 is 38.9 Å². The lowest BCUT2D eigenvalue weighted by Crippen LogP contribution is -2.11. The molecular formula is C12H11NS2. The molecule has 3 heteroatoms. The van der Waals surface area contributed by atoms with Gasteiger partial charge in [0.1, 0.15) is 4.32 Å². The predicted octanol–water partition coefficient (Wildman–Crippen LogP) is 3.88. The van der Waals surface area contributed by atoms with E-state index in [9.17, 15) is 0 Å². The molecule has 15 heavy (non-hydrogen) atoms. The highest BCUT2D eigenvalue weighted by Crippen LogP contribution is 2.42. The molecule has 3 rings (SSSR count). The zero-order valence-electron chi connectivity index (χ0n) is 8.19. The molecule has 1 saturated carbocycles. The Morgan fingerprint density at radius 2 is 2.13 bits per heavy atom. The standard InChI is InChI=1S/C12H11NS2/c14-12-13-10-4-2-1-3-9(10)11(15-12)7-8-5-6-8/h1-4,7-8H,5-6H2,(H,13,14)/b11-7-. The van der Waals surface area contributed by atoms with Crippen molar-refractivity contribution in [3.8, 4) is 0 Å². The van der Waals surface area contributed by atoms with E-state index >= 15 is 0 Å². The van der Waals surface area contributed by atoms with E-state index in [2.05, 4.69) is 29.6 Å². The van der Waals surface area contributed by atoms with Crippen LogP contribution >= 0.6 is 24.0 Å². The van der Waals surface area contributed by atoms with Crippen molar-refractivity contribution in [3.05, 3.63) is 35.9 Å². The predicted molar refractivity (Wildman–Crippen MR) is 71.0 cm³/mol. The molecule has 0 atom stereocenters. The molecule has 0 unspecified atom stereocenters. The Morgan fingerprint density at radius 1 is 1.33 bits per heavy atom. The largest absolute Gasteiger partial charge is 0.340 e. The zero-order valence-corrected chi connectivity index (χ0v) is 9.83. The van der Waals surface area contributed by atoms with Crippen LogP contribution in [0.25, 0.3) is 4.91 Å². The highest BCUT2D eigenvalue weighted by Gasteiger charge is 2.23. The average molecular weight is 233 g/mol. The normalized spacial score (nSPS) is 22.4. The summed E-state index contributed by atoms with van der Waals surface area (Å²) >= 11 is 6.92. The third-order valence-electron chi connectivity index (χ3n) is 2.64. The number of para-hydroxylation sites is 1. The summed E-state index contributed by atoms with van der Waals surface area (Å²) in [6.45, 7) is 0. The van der Waals surface area contributed by atoms with Crippen LogP contribution in [0.1, 0.15) is 18.4 Å². The minimum absolute atomic E-state index is 0.793. The number of allylic oxidation sites excluding steroid dienone is 1. The third kappa shape index (κ3) is 1.94. The highest BCUT2D eigenvalue weighted by molar-refractivity contribution is 8.29. The fourth-order valence-corrected chi connectivity index (χ4v) is 2.99. The van der Waals surface area contributed by atoms with Crippen molar-refractivity contribution in [3.63, 3.8) is 0 Å². The molecule has 1 aliphatic carbocycles. The number of rotatable bonds is 1. The lowest BCUT2D eigenvalue weighted by Gasteiger charge is -2.20. The second-order valence-electron chi connectivity index (χ2n) is 3.93. The van der Waals surface area contributed by atoms with Gasteiger partial charge in [0.05, 0.1) is 0 Å². The van der Waals surface area contributed by atoms with Gasteiger partial charge in [0.25, 0.3) is 0 Å². The van der Waals surface area contributed by atoms with Gasteiger partial charge < -0.3 is 5.32 Å². The second kappa shape index (κ2) is 3.65. The first-order valence-electron chi connectivity index (χ1n) is 5.13. The van der Waals surface area contributed by atoms with E-state index in [-0.39, 0.29) is 0 Å².